The first-order valence-corrected chi connectivity index (χ1v) is 6.24. The summed E-state index contributed by atoms with van der Waals surface area (Å²) in [5.41, 5.74) is 0.581. The maximum absolute atomic E-state index is 11.4. The van der Waals surface area contributed by atoms with Gasteiger partial charge in [0.15, 0.2) is 0 Å². The van der Waals surface area contributed by atoms with Crippen molar-refractivity contribution in [1.82, 2.24) is 9.97 Å². The van der Waals surface area contributed by atoms with Gasteiger partial charge in [-0.1, -0.05) is 11.6 Å². The molecule has 0 spiro atoms. The van der Waals surface area contributed by atoms with Crippen molar-refractivity contribution in [2.75, 3.05) is 0 Å². The van der Waals surface area contributed by atoms with Crippen molar-refractivity contribution in [2.45, 2.75) is 0 Å². The molecule has 0 unspecified atom stereocenters. The van der Waals surface area contributed by atoms with E-state index in [0.717, 1.165) is 10.0 Å². The van der Waals surface area contributed by atoms with E-state index < -0.39 is 0 Å². The molecule has 0 bridgehead atoms. The topological polar surface area (TPSA) is 45.8 Å². The summed E-state index contributed by atoms with van der Waals surface area (Å²) in [6, 6.07) is 5.33. The van der Waals surface area contributed by atoms with E-state index in [1.807, 2.05) is 0 Å². The lowest BCUT2D eigenvalue weighted by Gasteiger charge is -2.02. The Bertz CT molecular complexity index is 598. The third-order valence-corrected chi connectivity index (χ3v) is 3.73. The highest BCUT2D eigenvalue weighted by molar-refractivity contribution is 9.10. The van der Waals surface area contributed by atoms with Crippen LogP contribution in [0.25, 0.3) is 11.4 Å². The molecule has 0 radical (unpaired) electrons. The molecule has 0 atom stereocenters. The molecular weight excluding hydrogens is 359 g/mol. The van der Waals surface area contributed by atoms with Gasteiger partial charge in [0.2, 0.25) is 0 Å². The van der Waals surface area contributed by atoms with Gasteiger partial charge in [0.1, 0.15) is 10.3 Å². The minimum atomic E-state index is -0.212. The van der Waals surface area contributed by atoms with Crippen molar-refractivity contribution in [3.63, 3.8) is 0 Å². The average molecular weight is 364 g/mol. The van der Waals surface area contributed by atoms with Crippen LogP contribution in [0.15, 0.2) is 38.1 Å². The molecule has 0 saturated heterocycles. The molecule has 1 heterocycles. The second-order valence-electron chi connectivity index (χ2n) is 3.04. The number of nitrogens with one attached hydrogen (secondary N) is 1. The van der Waals surface area contributed by atoms with Gasteiger partial charge in [-0.05, 0) is 50.1 Å². The smallest absolute Gasteiger partial charge is 0.265 e. The quantitative estimate of drug-likeness (QED) is 0.840. The predicted molar refractivity (Wildman–Crippen MR) is 70.7 cm³/mol. The van der Waals surface area contributed by atoms with Crippen LogP contribution in [0.4, 0.5) is 0 Å². The van der Waals surface area contributed by atoms with Gasteiger partial charge in [-0.3, -0.25) is 4.79 Å². The van der Waals surface area contributed by atoms with Gasteiger partial charge < -0.3 is 4.98 Å². The second kappa shape index (κ2) is 4.69. The third kappa shape index (κ3) is 2.36. The molecule has 0 aliphatic heterocycles. The number of H-pyrrole nitrogens is 1. The Kier molecular flexibility index (Phi) is 3.47. The van der Waals surface area contributed by atoms with Gasteiger partial charge >= 0.3 is 0 Å². The van der Waals surface area contributed by atoms with Crippen LogP contribution in [0.1, 0.15) is 0 Å². The average Bonchev–Trinajstić information content (AvgIpc) is 2.26. The van der Waals surface area contributed by atoms with Crippen LogP contribution in [-0.4, -0.2) is 9.97 Å². The largest absolute Gasteiger partial charge is 0.306 e. The maximum atomic E-state index is 11.4. The van der Waals surface area contributed by atoms with E-state index in [4.69, 9.17) is 11.6 Å². The SMILES string of the molecule is O=c1[nH]c(-c2ccc(Cl)c(Br)c2)ncc1Br. The highest BCUT2D eigenvalue weighted by Crippen LogP contribution is 2.26. The number of aromatic amines is 1. The van der Waals surface area contributed by atoms with Crippen LogP contribution in [0.2, 0.25) is 5.02 Å². The summed E-state index contributed by atoms with van der Waals surface area (Å²) in [5, 5.41) is 0.614. The zero-order valence-electron chi connectivity index (χ0n) is 7.80. The Labute approximate surface area is 113 Å². The summed E-state index contributed by atoms with van der Waals surface area (Å²) in [7, 11) is 0. The fourth-order valence-electron chi connectivity index (χ4n) is 1.17. The Balaban J connectivity index is 2.55. The fraction of sp³-hybridized carbons (Fsp3) is 0. The number of hydrogen-bond acceptors (Lipinski definition) is 2. The van der Waals surface area contributed by atoms with Crippen LogP contribution in [0.5, 0.6) is 0 Å². The molecule has 16 heavy (non-hydrogen) atoms. The summed E-state index contributed by atoms with van der Waals surface area (Å²) in [6.07, 6.45) is 1.47. The van der Waals surface area contributed by atoms with Crippen LogP contribution in [0, 0.1) is 0 Å². The van der Waals surface area contributed by atoms with Crippen LogP contribution in [-0.2, 0) is 0 Å². The van der Waals surface area contributed by atoms with E-state index in [0.29, 0.717) is 15.3 Å². The molecule has 0 aliphatic rings. The van der Waals surface area contributed by atoms with Crippen molar-refractivity contribution in [3.8, 4) is 11.4 Å². The first-order chi connectivity index (χ1) is 7.58. The van der Waals surface area contributed by atoms with E-state index in [2.05, 4.69) is 41.8 Å². The zero-order valence-corrected chi connectivity index (χ0v) is 11.7. The summed E-state index contributed by atoms with van der Waals surface area (Å²) in [4.78, 5) is 18.2. The molecule has 3 nitrogen and oxygen atoms in total. The normalized spacial score (nSPS) is 10.4. The Morgan fingerprint density at radius 1 is 1.25 bits per heavy atom. The number of aromatic nitrogens is 2. The van der Waals surface area contributed by atoms with Gasteiger partial charge in [-0.2, -0.15) is 0 Å². The highest BCUT2D eigenvalue weighted by atomic mass is 79.9. The summed E-state index contributed by atoms with van der Waals surface area (Å²) in [6.45, 7) is 0. The lowest BCUT2D eigenvalue weighted by atomic mass is 10.2. The summed E-state index contributed by atoms with van der Waals surface area (Å²) >= 11 is 12.3. The molecule has 6 heteroatoms. The Hall–Kier alpha value is -0.650. The van der Waals surface area contributed by atoms with E-state index in [-0.39, 0.29) is 5.56 Å². The van der Waals surface area contributed by atoms with Gasteiger partial charge in [-0.25, -0.2) is 4.98 Å². The van der Waals surface area contributed by atoms with Crippen molar-refractivity contribution in [3.05, 3.63) is 48.7 Å². The van der Waals surface area contributed by atoms with Gasteiger partial charge in [0, 0.05) is 16.2 Å². The van der Waals surface area contributed by atoms with E-state index >= 15 is 0 Å². The fourth-order valence-corrected chi connectivity index (χ4v) is 1.87. The zero-order chi connectivity index (χ0) is 11.7. The standard InChI is InChI=1S/C10H5Br2ClN2O/c11-6-3-5(1-2-8(6)13)9-14-4-7(12)10(16)15-9/h1-4H,(H,14,15,16). The molecule has 1 aromatic carbocycles. The van der Waals surface area contributed by atoms with Gasteiger partial charge in [-0.15, -0.1) is 0 Å². The van der Waals surface area contributed by atoms with Gasteiger partial charge in [0.25, 0.3) is 5.56 Å². The molecule has 0 saturated carbocycles. The van der Waals surface area contributed by atoms with E-state index in [1.54, 1.807) is 18.2 Å². The number of nitrogens with zero attached hydrogens (tertiary/aromatic N) is 1. The molecule has 2 aromatic rings. The molecule has 1 N–H and O–H groups in total. The first-order valence-electron chi connectivity index (χ1n) is 4.28. The number of halogens is 3. The Morgan fingerprint density at radius 3 is 2.62 bits per heavy atom. The van der Waals surface area contributed by atoms with E-state index in [9.17, 15) is 4.79 Å². The number of benzene rings is 1. The second-order valence-corrected chi connectivity index (χ2v) is 5.15. The van der Waals surface area contributed by atoms with Gasteiger partial charge in [0.05, 0.1) is 5.02 Å². The Morgan fingerprint density at radius 2 is 2.00 bits per heavy atom. The van der Waals surface area contributed by atoms with Crippen LogP contribution in [0.3, 0.4) is 0 Å². The molecule has 0 aliphatic carbocycles. The highest BCUT2D eigenvalue weighted by Gasteiger charge is 2.05. The maximum Gasteiger partial charge on any atom is 0.265 e. The van der Waals surface area contributed by atoms with Crippen LogP contribution < -0.4 is 5.56 Å². The predicted octanol–water partition coefficient (Wildman–Crippen LogP) is 3.62. The molecule has 0 fully saturated rings. The molecule has 1 aromatic heterocycles. The molecule has 82 valence electrons. The third-order valence-electron chi connectivity index (χ3n) is 1.95. The number of hydrogen-bond donors (Lipinski definition) is 1. The summed E-state index contributed by atoms with van der Waals surface area (Å²) in [5.74, 6) is 0.505. The monoisotopic (exact) mass is 362 g/mol. The lowest BCUT2D eigenvalue weighted by molar-refractivity contribution is 1.11. The van der Waals surface area contributed by atoms with Crippen molar-refractivity contribution in [1.29, 1.82) is 0 Å². The minimum Gasteiger partial charge on any atom is -0.306 e. The van der Waals surface area contributed by atoms with Crippen molar-refractivity contribution in [2.24, 2.45) is 0 Å². The summed E-state index contributed by atoms with van der Waals surface area (Å²) < 4.78 is 1.17. The first kappa shape index (κ1) is 11.8. The van der Waals surface area contributed by atoms with Crippen molar-refractivity contribution >= 4 is 43.5 Å². The molecule has 0 amide bonds. The minimum absolute atomic E-state index is 0.212. The number of rotatable bonds is 1. The molecular formula is C10H5Br2ClN2O. The molecule has 2 rings (SSSR count). The lowest BCUT2D eigenvalue weighted by Crippen LogP contribution is -2.08. The van der Waals surface area contributed by atoms with Crippen LogP contribution >= 0.6 is 43.5 Å². The van der Waals surface area contributed by atoms with Crippen molar-refractivity contribution < 1.29 is 0 Å². The van der Waals surface area contributed by atoms with E-state index in [1.165, 1.54) is 6.20 Å².